The van der Waals surface area contributed by atoms with E-state index in [9.17, 15) is 13.2 Å². The van der Waals surface area contributed by atoms with Gasteiger partial charge in [0.2, 0.25) is 0 Å². The van der Waals surface area contributed by atoms with Gasteiger partial charge in [0.15, 0.2) is 0 Å². The van der Waals surface area contributed by atoms with Crippen LogP contribution >= 0.6 is 0 Å². The van der Waals surface area contributed by atoms with Gasteiger partial charge in [-0.05, 0) is 32.3 Å². The highest BCUT2D eigenvalue weighted by atomic mass is 19.4. The molecule has 0 aliphatic heterocycles. The predicted molar refractivity (Wildman–Crippen MR) is 60.2 cm³/mol. The number of hydrogen-bond donors (Lipinski definition) is 0. The Kier molecular flexibility index (Phi) is 4.56. The average Bonchev–Trinajstić information content (AvgIpc) is 2.27. The van der Waals surface area contributed by atoms with E-state index in [2.05, 4.69) is 0 Å². The molecule has 0 saturated heterocycles. The van der Waals surface area contributed by atoms with Crippen molar-refractivity contribution in [2.45, 2.75) is 6.18 Å². The molecule has 1 rings (SSSR count). The normalized spacial score (nSPS) is 11.4. The number of nitrogens with zero attached hydrogens (tertiary/aromatic N) is 2. The largest absolute Gasteiger partial charge is 0.491 e. The quantitative estimate of drug-likeness (QED) is 0.832. The van der Waals surface area contributed by atoms with Gasteiger partial charge in [-0.3, -0.25) is 0 Å². The summed E-state index contributed by atoms with van der Waals surface area (Å²) in [6.45, 7) is 0.929. The van der Waals surface area contributed by atoms with Gasteiger partial charge in [0.25, 0.3) is 0 Å². The predicted octanol–water partition coefficient (Wildman–Crippen LogP) is 2.52. The molecule has 18 heavy (non-hydrogen) atoms. The van der Waals surface area contributed by atoms with Crippen molar-refractivity contribution in [1.82, 2.24) is 4.90 Å². The van der Waals surface area contributed by atoms with E-state index >= 15 is 0 Å². The summed E-state index contributed by atoms with van der Waals surface area (Å²) in [7, 11) is 3.70. The number of likely N-dealkylation sites (N-methyl/N-ethyl adjacent to an activating group) is 1. The van der Waals surface area contributed by atoms with Crippen molar-refractivity contribution in [3.05, 3.63) is 29.3 Å². The maximum absolute atomic E-state index is 12.4. The molecule has 98 valence electrons. The molecule has 0 aromatic heterocycles. The van der Waals surface area contributed by atoms with E-state index in [1.807, 2.05) is 19.0 Å². The zero-order valence-electron chi connectivity index (χ0n) is 10.1. The van der Waals surface area contributed by atoms with Crippen LogP contribution in [0.4, 0.5) is 13.2 Å². The highest BCUT2D eigenvalue weighted by molar-refractivity contribution is 5.46. The third kappa shape index (κ3) is 3.93. The Morgan fingerprint density at radius 2 is 2.00 bits per heavy atom. The van der Waals surface area contributed by atoms with Crippen LogP contribution in [0.3, 0.4) is 0 Å². The average molecular weight is 258 g/mol. The van der Waals surface area contributed by atoms with Crippen LogP contribution in [0.1, 0.15) is 11.1 Å². The fourth-order valence-corrected chi connectivity index (χ4v) is 1.26. The van der Waals surface area contributed by atoms with Gasteiger partial charge in [-0.25, -0.2) is 0 Å². The minimum atomic E-state index is -4.45. The van der Waals surface area contributed by atoms with Crippen molar-refractivity contribution < 1.29 is 17.9 Å². The molecule has 1 aromatic rings. The number of halogens is 3. The lowest BCUT2D eigenvalue weighted by atomic mass is 10.1. The zero-order chi connectivity index (χ0) is 13.8. The SMILES string of the molecule is CN(C)CCOc1ccc(C(F)(F)F)cc1C#N. The van der Waals surface area contributed by atoms with Crippen LogP contribution in [0.25, 0.3) is 0 Å². The van der Waals surface area contributed by atoms with Crippen molar-refractivity contribution in [1.29, 1.82) is 5.26 Å². The Balaban J connectivity index is 2.85. The molecular weight excluding hydrogens is 245 g/mol. The standard InChI is InChI=1S/C12H13F3N2O/c1-17(2)5-6-18-11-4-3-10(12(13,14)15)7-9(11)8-16/h3-4,7H,5-6H2,1-2H3. The Bertz CT molecular complexity index is 450. The van der Waals surface area contributed by atoms with Crippen LogP contribution in [-0.4, -0.2) is 32.1 Å². The van der Waals surface area contributed by atoms with Crippen molar-refractivity contribution in [3.63, 3.8) is 0 Å². The van der Waals surface area contributed by atoms with Crippen LogP contribution in [0.2, 0.25) is 0 Å². The van der Waals surface area contributed by atoms with E-state index in [4.69, 9.17) is 10.00 Å². The maximum Gasteiger partial charge on any atom is 0.416 e. The molecule has 0 fully saturated rings. The van der Waals surface area contributed by atoms with Crippen molar-refractivity contribution in [2.24, 2.45) is 0 Å². The Labute approximate surface area is 103 Å². The summed E-state index contributed by atoms with van der Waals surface area (Å²) in [4.78, 5) is 1.87. The van der Waals surface area contributed by atoms with E-state index in [1.54, 1.807) is 6.07 Å². The Morgan fingerprint density at radius 3 is 2.50 bits per heavy atom. The van der Waals surface area contributed by atoms with E-state index in [-0.39, 0.29) is 11.3 Å². The lowest BCUT2D eigenvalue weighted by Gasteiger charge is -2.13. The van der Waals surface area contributed by atoms with Crippen LogP contribution in [-0.2, 0) is 6.18 Å². The molecule has 0 N–H and O–H groups in total. The van der Waals surface area contributed by atoms with Crippen molar-refractivity contribution >= 4 is 0 Å². The van der Waals surface area contributed by atoms with Gasteiger partial charge in [-0.15, -0.1) is 0 Å². The van der Waals surface area contributed by atoms with E-state index in [1.165, 1.54) is 6.07 Å². The Hall–Kier alpha value is -1.74. The molecule has 0 spiro atoms. The van der Waals surface area contributed by atoms with Crippen molar-refractivity contribution in [3.8, 4) is 11.8 Å². The molecule has 0 amide bonds. The molecule has 3 nitrogen and oxygen atoms in total. The topological polar surface area (TPSA) is 36.3 Å². The summed E-state index contributed by atoms with van der Waals surface area (Å²) < 4.78 is 42.6. The van der Waals surface area contributed by atoms with Crippen LogP contribution in [0, 0.1) is 11.3 Å². The number of nitriles is 1. The zero-order valence-corrected chi connectivity index (χ0v) is 10.1. The maximum atomic E-state index is 12.4. The highest BCUT2D eigenvalue weighted by Gasteiger charge is 2.31. The first-order chi connectivity index (χ1) is 8.34. The number of ether oxygens (including phenoxy) is 1. The van der Waals surface area contributed by atoms with Gasteiger partial charge in [-0.1, -0.05) is 0 Å². The first kappa shape index (κ1) is 14.3. The molecule has 0 bridgehead atoms. The monoisotopic (exact) mass is 258 g/mol. The molecule has 0 radical (unpaired) electrons. The summed E-state index contributed by atoms with van der Waals surface area (Å²) in [5.74, 6) is 0.173. The van der Waals surface area contributed by atoms with Gasteiger partial charge >= 0.3 is 6.18 Å². The molecule has 1 aromatic carbocycles. The van der Waals surface area contributed by atoms with Gasteiger partial charge in [0.1, 0.15) is 18.4 Å². The van der Waals surface area contributed by atoms with Crippen molar-refractivity contribution in [2.75, 3.05) is 27.2 Å². The minimum absolute atomic E-state index is 0.108. The summed E-state index contributed by atoms with van der Waals surface area (Å²) in [5.41, 5.74) is -0.956. The molecule has 0 unspecified atom stereocenters. The van der Waals surface area contributed by atoms with Crippen LogP contribution < -0.4 is 4.74 Å². The lowest BCUT2D eigenvalue weighted by molar-refractivity contribution is -0.137. The second-order valence-corrected chi connectivity index (χ2v) is 3.97. The van der Waals surface area contributed by atoms with E-state index < -0.39 is 11.7 Å². The minimum Gasteiger partial charge on any atom is -0.491 e. The molecule has 0 aliphatic carbocycles. The molecule has 0 saturated carbocycles. The summed E-state index contributed by atoms with van der Waals surface area (Å²) in [6.07, 6.45) is -4.45. The molecular formula is C12H13F3N2O. The lowest BCUT2D eigenvalue weighted by Crippen LogP contribution is -2.19. The Morgan fingerprint density at radius 1 is 1.33 bits per heavy atom. The second kappa shape index (κ2) is 5.74. The van der Waals surface area contributed by atoms with Crippen LogP contribution in [0.15, 0.2) is 18.2 Å². The number of benzene rings is 1. The fraction of sp³-hybridized carbons (Fsp3) is 0.417. The molecule has 6 heteroatoms. The fourth-order valence-electron chi connectivity index (χ4n) is 1.26. The smallest absolute Gasteiger partial charge is 0.416 e. The molecule has 0 heterocycles. The first-order valence-electron chi connectivity index (χ1n) is 5.23. The number of rotatable bonds is 4. The number of hydrogen-bond acceptors (Lipinski definition) is 3. The van der Waals surface area contributed by atoms with Gasteiger partial charge in [0, 0.05) is 6.54 Å². The highest BCUT2D eigenvalue weighted by Crippen LogP contribution is 2.32. The second-order valence-electron chi connectivity index (χ2n) is 3.97. The van der Waals surface area contributed by atoms with E-state index in [0.29, 0.717) is 13.2 Å². The van der Waals surface area contributed by atoms with Gasteiger partial charge in [-0.2, -0.15) is 18.4 Å². The summed E-state index contributed by atoms with van der Waals surface area (Å²) >= 11 is 0. The third-order valence-corrected chi connectivity index (χ3v) is 2.22. The van der Waals surface area contributed by atoms with Gasteiger partial charge < -0.3 is 9.64 Å². The summed E-state index contributed by atoms with van der Waals surface area (Å²) in [6, 6.07) is 4.59. The van der Waals surface area contributed by atoms with Crippen LogP contribution in [0.5, 0.6) is 5.75 Å². The third-order valence-electron chi connectivity index (χ3n) is 2.22. The molecule has 0 aliphatic rings. The summed E-state index contributed by atoms with van der Waals surface area (Å²) in [5, 5.41) is 8.81. The first-order valence-corrected chi connectivity index (χ1v) is 5.23. The molecule has 0 atom stereocenters. The van der Waals surface area contributed by atoms with E-state index in [0.717, 1.165) is 12.1 Å². The number of alkyl halides is 3. The van der Waals surface area contributed by atoms with Gasteiger partial charge in [0.05, 0.1) is 11.1 Å².